The van der Waals surface area contributed by atoms with Crippen LogP contribution < -0.4 is 5.73 Å². The van der Waals surface area contributed by atoms with Crippen LogP contribution in [0.4, 0.5) is 13.2 Å². The Hall–Kier alpha value is -1.82. The summed E-state index contributed by atoms with van der Waals surface area (Å²) >= 11 is 0. The summed E-state index contributed by atoms with van der Waals surface area (Å²) in [5.41, 5.74) is 5.93. The Morgan fingerprint density at radius 1 is 1.22 bits per heavy atom. The summed E-state index contributed by atoms with van der Waals surface area (Å²) in [6.07, 6.45) is -2.39. The van der Waals surface area contributed by atoms with Crippen LogP contribution in [0.1, 0.15) is 11.1 Å². The van der Waals surface area contributed by atoms with E-state index in [-0.39, 0.29) is 5.56 Å². The molecule has 0 bridgehead atoms. The van der Waals surface area contributed by atoms with Gasteiger partial charge in [-0.2, -0.15) is 18.3 Å². The average Bonchev–Trinajstić information content (AvgIpc) is 2.77. The van der Waals surface area contributed by atoms with Crippen LogP contribution in [0.15, 0.2) is 30.5 Å². The zero-order chi connectivity index (χ0) is 13.2. The van der Waals surface area contributed by atoms with Crippen molar-refractivity contribution in [3.8, 4) is 11.3 Å². The van der Waals surface area contributed by atoms with Gasteiger partial charge in [-0.3, -0.25) is 5.10 Å². The first-order valence-corrected chi connectivity index (χ1v) is 5.43. The monoisotopic (exact) mass is 255 g/mol. The number of rotatable bonds is 3. The van der Waals surface area contributed by atoms with Gasteiger partial charge in [-0.25, -0.2) is 0 Å². The number of aromatic nitrogens is 2. The maximum Gasteiger partial charge on any atom is 0.417 e. The molecule has 1 aromatic carbocycles. The van der Waals surface area contributed by atoms with Crippen LogP contribution in [0.3, 0.4) is 0 Å². The highest BCUT2D eigenvalue weighted by Gasteiger charge is 2.34. The molecule has 18 heavy (non-hydrogen) atoms. The average molecular weight is 255 g/mol. The van der Waals surface area contributed by atoms with Crippen LogP contribution in [-0.2, 0) is 12.6 Å². The second-order valence-corrected chi connectivity index (χ2v) is 3.85. The Morgan fingerprint density at radius 3 is 2.61 bits per heavy atom. The van der Waals surface area contributed by atoms with Crippen molar-refractivity contribution in [2.45, 2.75) is 12.6 Å². The fourth-order valence-electron chi connectivity index (χ4n) is 1.84. The van der Waals surface area contributed by atoms with Crippen LogP contribution in [0.25, 0.3) is 11.3 Å². The van der Waals surface area contributed by atoms with Crippen LogP contribution in [0.5, 0.6) is 0 Å². The zero-order valence-electron chi connectivity index (χ0n) is 9.46. The lowest BCUT2D eigenvalue weighted by Gasteiger charge is -2.12. The second kappa shape index (κ2) is 4.81. The molecular weight excluding hydrogens is 243 g/mol. The van der Waals surface area contributed by atoms with E-state index < -0.39 is 11.7 Å². The third kappa shape index (κ3) is 2.38. The number of nitrogens with two attached hydrogens (primary N) is 1. The molecule has 6 heteroatoms. The van der Waals surface area contributed by atoms with Gasteiger partial charge in [0.15, 0.2) is 0 Å². The number of nitrogens with zero attached hydrogens (tertiary/aromatic N) is 1. The van der Waals surface area contributed by atoms with E-state index in [1.807, 2.05) is 0 Å². The van der Waals surface area contributed by atoms with Crippen molar-refractivity contribution >= 4 is 0 Å². The Morgan fingerprint density at radius 2 is 1.94 bits per heavy atom. The van der Waals surface area contributed by atoms with Gasteiger partial charge < -0.3 is 5.73 Å². The van der Waals surface area contributed by atoms with Crippen molar-refractivity contribution < 1.29 is 13.2 Å². The van der Waals surface area contributed by atoms with E-state index in [4.69, 9.17) is 5.73 Å². The summed E-state index contributed by atoms with van der Waals surface area (Å²) in [5, 5.41) is 6.41. The number of halogens is 3. The van der Waals surface area contributed by atoms with Gasteiger partial charge in [-0.1, -0.05) is 18.2 Å². The summed E-state index contributed by atoms with van der Waals surface area (Å²) in [6.45, 7) is 0.362. The van der Waals surface area contributed by atoms with E-state index in [9.17, 15) is 13.2 Å². The predicted octanol–water partition coefficient (Wildman–Crippen LogP) is 2.60. The third-order valence-electron chi connectivity index (χ3n) is 2.63. The maximum atomic E-state index is 12.9. The molecule has 2 aromatic rings. The molecule has 2 rings (SSSR count). The van der Waals surface area contributed by atoms with Crippen LogP contribution in [0.2, 0.25) is 0 Å². The van der Waals surface area contributed by atoms with Crippen molar-refractivity contribution in [3.63, 3.8) is 0 Å². The van der Waals surface area contributed by atoms with Gasteiger partial charge in [-0.15, -0.1) is 0 Å². The lowest BCUT2D eigenvalue weighted by Crippen LogP contribution is -2.08. The van der Waals surface area contributed by atoms with E-state index in [0.29, 0.717) is 24.2 Å². The summed E-state index contributed by atoms with van der Waals surface area (Å²) < 4.78 is 38.7. The van der Waals surface area contributed by atoms with Crippen molar-refractivity contribution in [2.75, 3.05) is 6.54 Å². The summed E-state index contributed by atoms with van der Waals surface area (Å²) in [5.74, 6) is 0. The Balaban J connectivity index is 2.54. The van der Waals surface area contributed by atoms with Crippen molar-refractivity contribution in [2.24, 2.45) is 5.73 Å². The Kier molecular flexibility index (Phi) is 3.38. The lowest BCUT2D eigenvalue weighted by atomic mass is 10.0. The molecule has 0 fully saturated rings. The Bertz CT molecular complexity index is 531. The minimum absolute atomic E-state index is 0.103. The number of aromatic amines is 1. The highest BCUT2D eigenvalue weighted by atomic mass is 19.4. The summed E-state index contributed by atoms with van der Waals surface area (Å²) in [4.78, 5) is 0. The molecule has 0 atom stereocenters. The fraction of sp³-hybridized carbons (Fsp3) is 0.250. The molecule has 1 heterocycles. The number of hydrogen-bond donors (Lipinski definition) is 2. The van der Waals surface area contributed by atoms with Crippen LogP contribution in [0, 0.1) is 0 Å². The van der Waals surface area contributed by atoms with Gasteiger partial charge >= 0.3 is 6.18 Å². The number of hydrogen-bond acceptors (Lipinski definition) is 2. The fourth-order valence-corrected chi connectivity index (χ4v) is 1.84. The highest BCUT2D eigenvalue weighted by Crippen LogP contribution is 2.37. The molecule has 3 nitrogen and oxygen atoms in total. The molecule has 0 aliphatic carbocycles. The Labute approximate surface area is 102 Å². The number of nitrogens with one attached hydrogen (secondary N) is 1. The molecule has 0 saturated carbocycles. The lowest BCUT2D eigenvalue weighted by molar-refractivity contribution is -0.137. The largest absolute Gasteiger partial charge is 0.417 e. The predicted molar refractivity (Wildman–Crippen MR) is 61.8 cm³/mol. The van der Waals surface area contributed by atoms with Gasteiger partial charge in [-0.05, 0) is 24.6 Å². The van der Waals surface area contributed by atoms with Crippen molar-refractivity contribution in [3.05, 3.63) is 41.6 Å². The minimum Gasteiger partial charge on any atom is -0.330 e. The van der Waals surface area contributed by atoms with E-state index in [1.54, 1.807) is 6.07 Å². The second-order valence-electron chi connectivity index (χ2n) is 3.85. The number of alkyl halides is 3. The smallest absolute Gasteiger partial charge is 0.330 e. The molecule has 0 aliphatic heterocycles. The van der Waals surface area contributed by atoms with E-state index in [2.05, 4.69) is 10.2 Å². The highest BCUT2D eigenvalue weighted by molar-refractivity contribution is 5.67. The van der Waals surface area contributed by atoms with Crippen LogP contribution in [-0.4, -0.2) is 16.7 Å². The topological polar surface area (TPSA) is 54.7 Å². The minimum atomic E-state index is -4.39. The normalized spacial score (nSPS) is 11.8. The molecule has 0 amide bonds. The van der Waals surface area contributed by atoms with Crippen molar-refractivity contribution in [1.82, 2.24) is 10.2 Å². The first-order chi connectivity index (χ1) is 8.54. The maximum absolute atomic E-state index is 12.9. The van der Waals surface area contributed by atoms with E-state index in [1.165, 1.54) is 18.3 Å². The zero-order valence-corrected chi connectivity index (χ0v) is 9.46. The van der Waals surface area contributed by atoms with Crippen molar-refractivity contribution in [1.29, 1.82) is 0 Å². The molecule has 0 radical (unpaired) electrons. The summed E-state index contributed by atoms with van der Waals surface area (Å²) in [6, 6.07) is 5.42. The molecule has 3 N–H and O–H groups in total. The first kappa shape index (κ1) is 12.6. The molecule has 0 unspecified atom stereocenters. The first-order valence-electron chi connectivity index (χ1n) is 5.43. The van der Waals surface area contributed by atoms with Gasteiger partial charge in [0.1, 0.15) is 0 Å². The third-order valence-corrected chi connectivity index (χ3v) is 2.63. The molecule has 0 saturated heterocycles. The SMILES string of the molecule is NCCc1cn[nH]c1-c1ccccc1C(F)(F)F. The molecule has 96 valence electrons. The van der Waals surface area contributed by atoms with Gasteiger partial charge in [0, 0.05) is 5.56 Å². The van der Waals surface area contributed by atoms with E-state index in [0.717, 1.165) is 6.07 Å². The molecule has 1 aromatic heterocycles. The van der Waals surface area contributed by atoms with Gasteiger partial charge in [0.25, 0.3) is 0 Å². The van der Waals surface area contributed by atoms with Gasteiger partial charge in [0.2, 0.25) is 0 Å². The van der Waals surface area contributed by atoms with Crippen LogP contribution >= 0.6 is 0 Å². The van der Waals surface area contributed by atoms with E-state index >= 15 is 0 Å². The number of H-pyrrole nitrogens is 1. The molecule has 0 spiro atoms. The quantitative estimate of drug-likeness (QED) is 0.885. The van der Waals surface area contributed by atoms with Gasteiger partial charge in [0.05, 0.1) is 17.5 Å². The molecular formula is C12H12F3N3. The standard InChI is InChI=1S/C12H12F3N3/c13-12(14,15)10-4-2-1-3-9(10)11-8(5-6-16)7-17-18-11/h1-4,7H,5-6,16H2,(H,17,18). The molecule has 0 aliphatic rings. The number of benzene rings is 1. The summed E-state index contributed by atoms with van der Waals surface area (Å²) in [7, 11) is 0.